The van der Waals surface area contributed by atoms with Crippen LogP contribution in [0.2, 0.25) is 0 Å². The fourth-order valence-corrected chi connectivity index (χ4v) is 1.99. The summed E-state index contributed by atoms with van der Waals surface area (Å²) < 4.78 is 0. The molecule has 3 nitrogen and oxygen atoms in total. The third kappa shape index (κ3) is 3.45. The second-order valence-electron chi connectivity index (χ2n) is 4.65. The average Bonchev–Trinajstić information content (AvgIpc) is 2.53. The van der Waals surface area contributed by atoms with Crippen LogP contribution in [-0.2, 0) is 6.54 Å². The van der Waals surface area contributed by atoms with E-state index in [1.165, 1.54) is 0 Å². The second-order valence-corrected chi connectivity index (χ2v) is 4.65. The van der Waals surface area contributed by atoms with E-state index in [1.54, 1.807) is 6.07 Å². The molecule has 20 heavy (non-hydrogen) atoms. The number of nitrogens with zero attached hydrogens (tertiary/aromatic N) is 2. The maximum Gasteiger partial charge on any atom is 0.0991 e. The summed E-state index contributed by atoms with van der Waals surface area (Å²) in [6.07, 6.45) is 0. The SMILES string of the molecule is CC(NCc1cccc(C#N)c1)c1ccc(C#N)cc1. The van der Waals surface area contributed by atoms with Gasteiger partial charge in [-0.05, 0) is 42.3 Å². The zero-order chi connectivity index (χ0) is 14.4. The third-order valence-electron chi connectivity index (χ3n) is 3.21. The van der Waals surface area contributed by atoms with Crippen molar-refractivity contribution in [3.8, 4) is 12.1 Å². The zero-order valence-electron chi connectivity index (χ0n) is 11.3. The van der Waals surface area contributed by atoms with Crippen LogP contribution in [0.3, 0.4) is 0 Å². The van der Waals surface area contributed by atoms with Crippen molar-refractivity contribution >= 4 is 0 Å². The molecule has 0 radical (unpaired) electrons. The van der Waals surface area contributed by atoms with Crippen molar-refractivity contribution in [3.05, 3.63) is 70.8 Å². The average molecular weight is 261 g/mol. The molecule has 2 rings (SSSR count). The van der Waals surface area contributed by atoms with Gasteiger partial charge in [0, 0.05) is 12.6 Å². The van der Waals surface area contributed by atoms with E-state index in [4.69, 9.17) is 10.5 Å². The molecule has 98 valence electrons. The van der Waals surface area contributed by atoms with Crippen molar-refractivity contribution in [2.75, 3.05) is 0 Å². The Morgan fingerprint density at radius 2 is 1.70 bits per heavy atom. The molecule has 0 fully saturated rings. The van der Waals surface area contributed by atoms with E-state index in [2.05, 4.69) is 24.4 Å². The Balaban J connectivity index is 1.99. The van der Waals surface area contributed by atoms with Crippen molar-refractivity contribution in [3.63, 3.8) is 0 Å². The lowest BCUT2D eigenvalue weighted by atomic mass is 10.1. The standard InChI is InChI=1S/C17H15N3/c1-13(17-7-5-14(10-18)6-8-17)20-12-16-4-2-3-15(9-16)11-19/h2-9,13,20H,12H2,1H3. The molecule has 1 N–H and O–H groups in total. The van der Waals surface area contributed by atoms with E-state index in [0.717, 1.165) is 11.1 Å². The Kier molecular flexibility index (Phi) is 4.50. The first-order valence-corrected chi connectivity index (χ1v) is 6.45. The Morgan fingerprint density at radius 3 is 2.35 bits per heavy atom. The van der Waals surface area contributed by atoms with Gasteiger partial charge >= 0.3 is 0 Å². The smallest absolute Gasteiger partial charge is 0.0991 e. The van der Waals surface area contributed by atoms with Gasteiger partial charge in [-0.1, -0.05) is 24.3 Å². The number of rotatable bonds is 4. The van der Waals surface area contributed by atoms with Crippen molar-refractivity contribution < 1.29 is 0 Å². The molecule has 0 aromatic heterocycles. The van der Waals surface area contributed by atoms with Gasteiger partial charge in [0.1, 0.15) is 0 Å². The molecule has 1 atom stereocenters. The summed E-state index contributed by atoms with van der Waals surface area (Å²) in [4.78, 5) is 0. The van der Waals surface area contributed by atoms with E-state index in [0.29, 0.717) is 17.7 Å². The number of nitrogens with one attached hydrogen (secondary N) is 1. The molecule has 0 spiro atoms. The van der Waals surface area contributed by atoms with Crippen LogP contribution in [0.4, 0.5) is 0 Å². The van der Waals surface area contributed by atoms with E-state index in [1.807, 2.05) is 42.5 Å². The quantitative estimate of drug-likeness (QED) is 0.918. The molecule has 2 aromatic carbocycles. The molecule has 0 bridgehead atoms. The molecular formula is C17H15N3. The Morgan fingerprint density at radius 1 is 1.00 bits per heavy atom. The zero-order valence-corrected chi connectivity index (χ0v) is 11.3. The highest BCUT2D eigenvalue weighted by molar-refractivity contribution is 5.34. The first-order chi connectivity index (χ1) is 9.72. The summed E-state index contributed by atoms with van der Waals surface area (Å²) in [5.41, 5.74) is 3.57. The van der Waals surface area contributed by atoms with Crippen LogP contribution in [0.5, 0.6) is 0 Å². The maximum atomic E-state index is 8.87. The van der Waals surface area contributed by atoms with Crippen LogP contribution in [0.1, 0.15) is 35.2 Å². The fourth-order valence-electron chi connectivity index (χ4n) is 1.99. The summed E-state index contributed by atoms with van der Waals surface area (Å²) in [5, 5.41) is 21.1. The highest BCUT2D eigenvalue weighted by Crippen LogP contribution is 2.14. The summed E-state index contributed by atoms with van der Waals surface area (Å²) >= 11 is 0. The fraction of sp³-hybridized carbons (Fsp3) is 0.176. The topological polar surface area (TPSA) is 59.6 Å². The van der Waals surface area contributed by atoms with E-state index < -0.39 is 0 Å². The predicted octanol–water partition coefficient (Wildman–Crippen LogP) is 3.28. The minimum atomic E-state index is 0.188. The van der Waals surface area contributed by atoms with Gasteiger partial charge in [0.25, 0.3) is 0 Å². The second kappa shape index (κ2) is 6.52. The van der Waals surface area contributed by atoms with Crippen LogP contribution in [0.15, 0.2) is 48.5 Å². The van der Waals surface area contributed by atoms with Crippen LogP contribution < -0.4 is 5.32 Å². The lowest BCUT2D eigenvalue weighted by Crippen LogP contribution is -2.18. The van der Waals surface area contributed by atoms with Gasteiger partial charge in [-0.3, -0.25) is 0 Å². The minimum Gasteiger partial charge on any atom is -0.306 e. The highest BCUT2D eigenvalue weighted by Gasteiger charge is 2.05. The molecule has 1 unspecified atom stereocenters. The van der Waals surface area contributed by atoms with Gasteiger partial charge < -0.3 is 5.32 Å². The Labute approximate surface area is 119 Å². The van der Waals surface area contributed by atoms with Gasteiger partial charge in [-0.15, -0.1) is 0 Å². The molecule has 3 heteroatoms. The number of nitriles is 2. The monoisotopic (exact) mass is 261 g/mol. The number of benzene rings is 2. The summed E-state index contributed by atoms with van der Waals surface area (Å²) in [6, 6.07) is 19.6. The number of hydrogen-bond acceptors (Lipinski definition) is 3. The molecule has 2 aromatic rings. The first-order valence-electron chi connectivity index (χ1n) is 6.45. The molecule has 0 amide bonds. The summed E-state index contributed by atoms with van der Waals surface area (Å²) in [7, 11) is 0. The molecule has 0 aliphatic heterocycles. The Bertz CT molecular complexity index is 660. The maximum absolute atomic E-state index is 8.87. The first kappa shape index (κ1) is 13.8. The molecule has 0 saturated heterocycles. The van der Waals surface area contributed by atoms with Gasteiger partial charge in [0.15, 0.2) is 0 Å². The largest absolute Gasteiger partial charge is 0.306 e. The molecule has 0 aliphatic carbocycles. The molecule has 0 saturated carbocycles. The Hall–Kier alpha value is -2.62. The van der Waals surface area contributed by atoms with Gasteiger partial charge in [0.2, 0.25) is 0 Å². The molecular weight excluding hydrogens is 246 g/mol. The lowest BCUT2D eigenvalue weighted by Gasteiger charge is -2.14. The summed E-state index contributed by atoms with van der Waals surface area (Å²) in [5.74, 6) is 0. The van der Waals surface area contributed by atoms with Gasteiger partial charge in [-0.2, -0.15) is 10.5 Å². The van der Waals surface area contributed by atoms with Crippen LogP contribution in [0, 0.1) is 22.7 Å². The normalized spacial score (nSPS) is 11.3. The van der Waals surface area contributed by atoms with E-state index >= 15 is 0 Å². The van der Waals surface area contributed by atoms with Crippen LogP contribution >= 0.6 is 0 Å². The third-order valence-corrected chi connectivity index (χ3v) is 3.21. The van der Waals surface area contributed by atoms with Crippen molar-refractivity contribution in [1.82, 2.24) is 5.32 Å². The van der Waals surface area contributed by atoms with Crippen LogP contribution in [-0.4, -0.2) is 0 Å². The van der Waals surface area contributed by atoms with Crippen LogP contribution in [0.25, 0.3) is 0 Å². The highest BCUT2D eigenvalue weighted by atomic mass is 14.9. The lowest BCUT2D eigenvalue weighted by molar-refractivity contribution is 0.574. The van der Waals surface area contributed by atoms with Gasteiger partial charge in [-0.25, -0.2) is 0 Å². The summed E-state index contributed by atoms with van der Waals surface area (Å²) in [6.45, 7) is 2.78. The van der Waals surface area contributed by atoms with E-state index in [9.17, 15) is 0 Å². The van der Waals surface area contributed by atoms with E-state index in [-0.39, 0.29) is 6.04 Å². The van der Waals surface area contributed by atoms with Crippen molar-refractivity contribution in [2.45, 2.75) is 19.5 Å². The molecule has 0 aliphatic rings. The van der Waals surface area contributed by atoms with Crippen molar-refractivity contribution in [2.24, 2.45) is 0 Å². The predicted molar refractivity (Wildman–Crippen MR) is 77.6 cm³/mol. The number of hydrogen-bond donors (Lipinski definition) is 1. The minimum absolute atomic E-state index is 0.188. The van der Waals surface area contributed by atoms with Gasteiger partial charge in [0.05, 0.1) is 23.3 Å². The van der Waals surface area contributed by atoms with Crippen molar-refractivity contribution in [1.29, 1.82) is 10.5 Å². The molecule has 0 heterocycles.